The molecule has 3 heterocycles. The van der Waals surface area contributed by atoms with Crippen LogP contribution < -0.4 is 21.2 Å². The van der Waals surface area contributed by atoms with Gasteiger partial charge in [0.15, 0.2) is 5.84 Å². The maximum Gasteiger partial charge on any atom is 0.245 e. The number of thioether (sulfide) groups is 1. The molecule has 2 amide bonds. The summed E-state index contributed by atoms with van der Waals surface area (Å²) in [5.41, 5.74) is 7.95. The molecule has 37 heavy (non-hydrogen) atoms. The van der Waals surface area contributed by atoms with Crippen molar-refractivity contribution in [3.63, 3.8) is 0 Å². The normalized spacial score (nSPS) is 20.7. The molecular formula is C25H29ClFN7O2S. The molecule has 3 aliphatic rings. The second kappa shape index (κ2) is 10.9. The van der Waals surface area contributed by atoms with Crippen molar-refractivity contribution in [3.05, 3.63) is 58.4 Å². The van der Waals surface area contributed by atoms with Crippen molar-refractivity contribution in [2.75, 3.05) is 30.8 Å². The number of hydrazine groups is 2. The molecule has 2 aromatic carbocycles. The van der Waals surface area contributed by atoms with Gasteiger partial charge in [0, 0.05) is 35.7 Å². The third kappa shape index (κ3) is 5.40. The summed E-state index contributed by atoms with van der Waals surface area (Å²) in [5.74, 6) is 0.397. The topological polar surface area (TPSA) is 92.3 Å². The van der Waals surface area contributed by atoms with Crippen molar-refractivity contribution in [3.8, 4) is 0 Å². The molecule has 0 aromatic heterocycles. The number of hydrazone groups is 1. The van der Waals surface area contributed by atoms with Crippen LogP contribution in [-0.2, 0) is 16.1 Å². The molecule has 0 bridgehead atoms. The summed E-state index contributed by atoms with van der Waals surface area (Å²) in [5, 5.41) is 9.81. The number of anilines is 1. The molecule has 3 aliphatic heterocycles. The fourth-order valence-corrected chi connectivity index (χ4v) is 6.03. The van der Waals surface area contributed by atoms with E-state index in [1.807, 2.05) is 17.0 Å². The zero-order valence-electron chi connectivity index (χ0n) is 20.6. The van der Waals surface area contributed by atoms with Gasteiger partial charge in [-0.05, 0) is 49.7 Å². The third-order valence-corrected chi connectivity index (χ3v) is 8.33. The van der Waals surface area contributed by atoms with Crippen molar-refractivity contribution < 1.29 is 14.0 Å². The van der Waals surface area contributed by atoms with Gasteiger partial charge in [-0.15, -0.1) is 22.0 Å². The number of piperidine rings is 1. The summed E-state index contributed by atoms with van der Waals surface area (Å²) in [6.07, 6.45) is 1.53. The van der Waals surface area contributed by atoms with Gasteiger partial charge in [0.05, 0.1) is 29.9 Å². The van der Waals surface area contributed by atoms with E-state index in [1.165, 1.54) is 17.8 Å². The second-order valence-corrected chi connectivity index (χ2v) is 10.8. The molecule has 1 saturated heterocycles. The average molecular weight is 546 g/mol. The Morgan fingerprint density at radius 1 is 1.24 bits per heavy atom. The van der Waals surface area contributed by atoms with Crippen LogP contribution in [0.1, 0.15) is 30.9 Å². The van der Waals surface area contributed by atoms with Crippen LogP contribution in [0.25, 0.3) is 0 Å². The first-order valence-electron chi connectivity index (χ1n) is 12.2. The van der Waals surface area contributed by atoms with E-state index >= 15 is 4.39 Å². The summed E-state index contributed by atoms with van der Waals surface area (Å²) >= 11 is 7.50. The first kappa shape index (κ1) is 25.8. The van der Waals surface area contributed by atoms with Gasteiger partial charge in [0.1, 0.15) is 5.82 Å². The Balaban J connectivity index is 1.40. The molecule has 2 aromatic rings. The highest BCUT2D eigenvalue weighted by Gasteiger charge is 2.34. The first-order chi connectivity index (χ1) is 17.8. The van der Waals surface area contributed by atoms with E-state index < -0.39 is 11.9 Å². The van der Waals surface area contributed by atoms with Crippen molar-refractivity contribution in [2.45, 2.75) is 43.3 Å². The molecule has 0 spiro atoms. The summed E-state index contributed by atoms with van der Waals surface area (Å²) < 4.78 is 15.4. The number of likely N-dealkylation sites (tertiary alicyclic amines) is 1. The van der Waals surface area contributed by atoms with Crippen LogP contribution in [0.3, 0.4) is 0 Å². The molecule has 0 unspecified atom stereocenters. The molecule has 5 rings (SSSR count). The highest BCUT2D eigenvalue weighted by Crippen LogP contribution is 2.37. The molecule has 0 saturated carbocycles. The van der Waals surface area contributed by atoms with Crippen LogP contribution in [-0.4, -0.2) is 65.6 Å². The van der Waals surface area contributed by atoms with Gasteiger partial charge in [0.25, 0.3) is 0 Å². The minimum Gasteiger partial charge on any atom is -0.343 e. The van der Waals surface area contributed by atoms with Crippen LogP contribution in [0.5, 0.6) is 0 Å². The molecule has 0 radical (unpaired) electrons. The van der Waals surface area contributed by atoms with Crippen molar-refractivity contribution >= 4 is 46.7 Å². The average Bonchev–Trinajstić information content (AvgIpc) is 3.34. The fraction of sp³-hybridized carbons (Fsp3) is 0.400. The van der Waals surface area contributed by atoms with Gasteiger partial charge in [0.2, 0.25) is 11.8 Å². The van der Waals surface area contributed by atoms with E-state index in [2.05, 4.69) is 21.4 Å². The monoisotopic (exact) mass is 545 g/mol. The Hall–Kier alpha value is -2.86. The van der Waals surface area contributed by atoms with E-state index in [9.17, 15) is 9.59 Å². The highest BCUT2D eigenvalue weighted by atomic mass is 35.5. The molecular weight excluding hydrogens is 517 g/mol. The van der Waals surface area contributed by atoms with Crippen LogP contribution in [0.15, 0.2) is 46.4 Å². The number of nitrogens with zero attached hydrogens (tertiary/aromatic N) is 4. The Kier molecular flexibility index (Phi) is 7.57. The first-order valence-corrected chi connectivity index (χ1v) is 13.5. The van der Waals surface area contributed by atoms with E-state index in [-0.39, 0.29) is 23.4 Å². The lowest BCUT2D eigenvalue weighted by atomic mass is 10.1. The van der Waals surface area contributed by atoms with E-state index in [0.717, 1.165) is 18.4 Å². The minimum absolute atomic E-state index is 0.0702. The van der Waals surface area contributed by atoms with Gasteiger partial charge in [-0.25, -0.2) is 9.93 Å². The number of likely N-dealkylation sites (N-methyl/N-ethyl adjacent to an activating group) is 1. The molecule has 1 fully saturated rings. The molecule has 9 nitrogen and oxygen atoms in total. The molecule has 12 heteroatoms. The smallest absolute Gasteiger partial charge is 0.245 e. The predicted octanol–water partition coefficient (Wildman–Crippen LogP) is 2.70. The summed E-state index contributed by atoms with van der Waals surface area (Å²) in [6, 6.07) is 10.2. The summed E-state index contributed by atoms with van der Waals surface area (Å²) in [6.45, 7) is 3.22. The number of fused-ring (bicyclic) bond motifs is 1. The van der Waals surface area contributed by atoms with Crippen molar-refractivity contribution in [1.82, 2.24) is 26.3 Å². The lowest BCUT2D eigenvalue weighted by molar-refractivity contribution is -0.130. The molecule has 196 valence electrons. The number of hydrogen-bond donors (Lipinski definition) is 3. The Labute approximate surface area is 224 Å². The summed E-state index contributed by atoms with van der Waals surface area (Å²) in [7, 11) is 1.75. The SMILES string of the molecule is CN[C@H]1CSc2cc(F)c(C3=NNN(C4CCN(C(C)=O)CC4)N3)cc2N(Cc2ccc(Cl)cc2)C1=O. The van der Waals surface area contributed by atoms with Crippen molar-refractivity contribution in [2.24, 2.45) is 5.10 Å². The fourth-order valence-electron chi connectivity index (χ4n) is 4.75. The van der Waals surface area contributed by atoms with Gasteiger partial charge in [-0.1, -0.05) is 23.7 Å². The van der Waals surface area contributed by atoms with Gasteiger partial charge < -0.3 is 15.1 Å². The standard InChI is InChI=1S/C25H29ClFN7O2S/c1-15(35)32-9-7-18(8-10-32)34-30-24(29-31-34)19-11-22-23(12-20(19)27)37-14-21(28-2)25(36)33(22)13-16-3-5-17(26)6-4-16/h3-6,11-12,18,21,28,31H,7-10,13-14H2,1-2H3,(H,29,30)/t21-/m0/s1. The van der Waals surface area contributed by atoms with E-state index in [1.54, 1.807) is 42.2 Å². The van der Waals surface area contributed by atoms with E-state index in [4.69, 9.17) is 11.6 Å². The van der Waals surface area contributed by atoms with Crippen LogP contribution in [0.2, 0.25) is 5.02 Å². The number of carbonyl (C=O) groups is 2. The van der Waals surface area contributed by atoms with Gasteiger partial charge in [-0.2, -0.15) is 0 Å². The lowest BCUT2D eigenvalue weighted by Gasteiger charge is -2.35. The highest BCUT2D eigenvalue weighted by molar-refractivity contribution is 7.99. The number of amides is 2. The maximum absolute atomic E-state index is 15.4. The predicted molar refractivity (Wildman–Crippen MR) is 143 cm³/mol. The number of halogens is 2. The zero-order valence-corrected chi connectivity index (χ0v) is 22.2. The Morgan fingerprint density at radius 3 is 2.65 bits per heavy atom. The largest absolute Gasteiger partial charge is 0.343 e. The van der Waals surface area contributed by atoms with E-state index in [0.29, 0.717) is 46.8 Å². The third-order valence-electron chi connectivity index (χ3n) is 6.94. The molecule has 3 N–H and O–H groups in total. The number of rotatable bonds is 5. The van der Waals surface area contributed by atoms with Gasteiger partial charge >= 0.3 is 0 Å². The molecule has 1 atom stereocenters. The Bertz CT molecular complexity index is 1220. The second-order valence-electron chi connectivity index (χ2n) is 9.28. The zero-order chi connectivity index (χ0) is 26.1. The summed E-state index contributed by atoms with van der Waals surface area (Å²) in [4.78, 5) is 29.4. The van der Waals surface area contributed by atoms with Crippen LogP contribution >= 0.6 is 23.4 Å². The van der Waals surface area contributed by atoms with Crippen LogP contribution in [0, 0.1) is 5.82 Å². The number of amidine groups is 1. The maximum atomic E-state index is 15.4. The minimum atomic E-state index is -0.422. The number of benzene rings is 2. The molecule has 0 aliphatic carbocycles. The van der Waals surface area contributed by atoms with Crippen LogP contribution in [0.4, 0.5) is 10.1 Å². The Morgan fingerprint density at radius 2 is 1.97 bits per heavy atom. The van der Waals surface area contributed by atoms with Crippen molar-refractivity contribution in [1.29, 1.82) is 0 Å². The quantitative estimate of drug-likeness (QED) is 0.532. The lowest BCUT2D eigenvalue weighted by Crippen LogP contribution is -2.53. The number of hydrogen-bond acceptors (Lipinski definition) is 8. The number of carbonyl (C=O) groups excluding carboxylic acids is 2. The van der Waals surface area contributed by atoms with Gasteiger partial charge in [-0.3, -0.25) is 15.0 Å². The number of nitrogens with one attached hydrogen (secondary N) is 3.